The van der Waals surface area contributed by atoms with Gasteiger partial charge in [-0.3, -0.25) is 9.78 Å². The molecule has 3 aromatic heterocycles. The molecule has 7 heteroatoms. The monoisotopic (exact) mass is 455 g/mol. The molecular formula is C26H25N5OS. The highest BCUT2D eigenvalue weighted by molar-refractivity contribution is 7.17. The number of fused-ring (bicyclic) bond motifs is 2. The molecule has 6 rings (SSSR count). The van der Waals surface area contributed by atoms with E-state index in [0.29, 0.717) is 11.7 Å². The predicted octanol–water partition coefficient (Wildman–Crippen LogP) is 5.04. The third kappa shape index (κ3) is 3.47. The molecule has 0 unspecified atom stereocenters. The third-order valence-corrected chi connectivity index (χ3v) is 7.93. The van der Waals surface area contributed by atoms with Crippen LogP contribution in [0.1, 0.15) is 32.1 Å². The zero-order valence-corrected chi connectivity index (χ0v) is 19.0. The number of pyridine rings is 1. The maximum absolute atomic E-state index is 12.6. The van der Waals surface area contributed by atoms with Gasteiger partial charge in [-0.05, 0) is 42.9 Å². The molecule has 2 fully saturated rings. The molecule has 166 valence electrons. The Kier molecular flexibility index (Phi) is 5.06. The number of nitrogens with zero attached hydrogens (tertiary/aromatic N) is 4. The number of hydrogen-bond donors (Lipinski definition) is 1. The summed E-state index contributed by atoms with van der Waals surface area (Å²) in [6.07, 6.45) is 7.14. The minimum Gasteiger partial charge on any atom is -0.368 e. The van der Waals surface area contributed by atoms with Gasteiger partial charge in [0.15, 0.2) is 5.82 Å². The van der Waals surface area contributed by atoms with Crippen LogP contribution in [-0.2, 0) is 4.79 Å². The zero-order valence-electron chi connectivity index (χ0n) is 18.2. The third-order valence-electron chi connectivity index (χ3n) is 7.05. The van der Waals surface area contributed by atoms with Crippen molar-refractivity contribution in [3.63, 3.8) is 0 Å². The standard InChI is InChI=1S/C26H25N5OS/c27-23(32)21-14-17-10-4-5-12-20(17)31(21)25-22-18(16-8-2-1-3-9-16)15-33-26(22)30-24(29-25)19-11-6-7-13-28-19/h1-3,6-9,11,13,15,17,20-21H,4-5,10,12,14H2,(H2,27,32)/t17-,20+,21+/m1/s1. The second kappa shape index (κ2) is 8.23. The lowest BCUT2D eigenvalue weighted by atomic mass is 9.84. The molecule has 0 radical (unpaired) electrons. The minimum absolute atomic E-state index is 0.271. The Balaban J connectivity index is 1.61. The summed E-state index contributed by atoms with van der Waals surface area (Å²) in [6.45, 7) is 0. The van der Waals surface area contributed by atoms with Crippen molar-refractivity contribution in [1.29, 1.82) is 0 Å². The second-order valence-electron chi connectivity index (χ2n) is 8.95. The quantitative estimate of drug-likeness (QED) is 0.466. The van der Waals surface area contributed by atoms with Crippen LogP contribution in [0.3, 0.4) is 0 Å². The summed E-state index contributed by atoms with van der Waals surface area (Å²) in [4.78, 5) is 30.3. The molecule has 6 nitrogen and oxygen atoms in total. The Bertz CT molecular complexity index is 1310. The average Bonchev–Trinajstić information content (AvgIpc) is 3.47. The van der Waals surface area contributed by atoms with Gasteiger partial charge in [0.1, 0.15) is 22.4 Å². The Morgan fingerprint density at radius 1 is 1.03 bits per heavy atom. The Labute approximate surface area is 196 Å². The fourth-order valence-corrected chi connectivity index (χ4v) is 6.51. The van der Waals surface area contributed by atoms with E-state index in [1.54, 1.807) is 17.5 Å². The highest BCUT2D eigenvalue weighted by atomic mass is 32.1. The Hall–Kier alpha value is -3.32. The minimum atomic E-state index is -0.351. The zero-order chi connectivity index (χ0) is 22.4. The van der Waals surface area contributed by atoms with Gasteiger partial charge in [0, 0.05) is 23.2 Å². The van der Waals surface area contributed by atoms with Gasteiger partial charge in [-0.1, -0.05) is 49.2 Å². The Morgan fingerprint density at radius 2 is 1.85 bits per heavy atom. The summed E-state index contributed by atoms with van der Waals surface area (Å²) in [5.74, 6) is 1.60. The summed E-state index contributed by atoms with van der Waals surface area (Å²) in [5, 5.41) is 3.15. The Morgan fingerprint density at radius 3 is 2.64 bits per heavy atom. The van der Waals surface area contributed by atoms with Crippen molar-refractivity contribution in [1.82, 2.24) is 15.0 Å². The maximum Gasteiger partial charge on any atom is 0.240 e. The maximum atomic E-state index is 12.6. The van der Waals surface area contributed by atoms with Crippen molar-refractivity contribution in [3.05, 3.63) is 60.1 Å². The fourth-order valence-electron chi connectivity index (χ4n) is 5.57. The van der Waals surface area contributed by atoms with E-state index >= 15 is 0 Å². The molecule has 1 aliphatic heterocycles. The molecule has 1 aromatic carbocycles. The van der Waals surface area contributed by atoms with Crippen LogP contribution in [0.25, 0.3) is 32.9 Å². The average molecular weight is 456 g/mol. The number of benzene rings is 1. The van der Waals surface area contributed by atoms with Crippen LogP contribution in [0.4, 0.5) is 5.82 Å². The van der Waals surface area contributed by atoms with Crippen LogP contribution in [0.15, 0.2) is 60.1 Å². The molecule has 3 atom stereocenters. The molecule has 0 spiro atoms. The van der Waals surface area contributed by atoms with Gasteiger partial charge < -0.3 is 10.6 Å². The van der Waals surface area contributed by atoms with E-state index < -0.39 is 0 Å². The lowest BCUT2D eigenvalue weighted by Gasteiger charge is -2.34. The number of nitrogens with two attached hydrogens (primary N) is 1. The summed E-state index contributed by atoms with van der Waals surface area (Å²) in [6, 6.07) is 16.0. The van der Waals surface area contributed by atoms with Gasteiger partial charge in [0.05, 0.1) is 5.39 Å². The van der Waals surface area contributed by atoms with Gasteiger partial charge in [-0.25, -0.2) is 9.97 Å². The van der Waals surface area contributed by atoms with Crippen molar-refractivity contribution in [3.8, 4) is 22.6 Å². The van der Waals surface area contributed by atoms with E-state index in [-0.39, 0.29) is 18.0 Å². The van der Waals surface area contributed by atoms with Crippen LogP contribution >= 0.6 is 11.3 Å². The van der Waals surface area contributed by atoms with E-state index in [4.69, 9.17) is 15.7 Å². The highest BCUT2D eigenvalue weighted by Crippen LogP contribution is 2.46. The number of hydrogen-bond acceptors (Lipinski definition) is 6. The number of thiophene rings is 1. The van der Waals surface area contributed by atoms with Crippen LogP contribution in [-0.4, -0.2) is 32.9 Å². The molecule has 0 bridgehead atoms. The first-order chi connectivity index (χ1) is 16.2. The van der Waals surface area contributed by atoms with Crippen LogP contribution in [0.2, 0.25) is 0 Å². The lowest BCUT2D eigenvalue weighted by Crippen LogP contribution is -2.45. The van der Waals surface area contributed by atoms with Crippen molar-refractivity contribution < 1.29 is 4.79 Å². The van der Waals surface area contributed by atoms with Crippen molar-refractivity contribution in [2.75, 3.05) is 4.90 Å². The molecular weight excluding hydrogens is 430 g/mol. The van der Waals surface area contributed by atoms with Crippen LogP contribution in [0.5, 0.6) is 0 Å². The molecule has 33 heavy (non-hydrogen) atoms. The first-order valence-electron chi connectivity index (χ1n) is 11.5. The SMILES string of the molecule is NC(=O)[C@@H]1C[C@H]2CCCC[C@@H]2N1c1nc(-c2ccccn2)nc2scc(-c3ccccc3)c12. The van der Waals surface area contributed by atoms with Crippen molar-refractivity contribution >= 4 is 33.3 Å². The van der Waals surface area contributed by atoms with E-state index in [9.17, 15) is 4.79 Å². The molecule has 1 saturated heterocycles. The van der Waals surface area contributed by atoms with E-state index in [1.807, 2.05) is 36.4 Å². The van der Waals surface area contributed by atoms with E-state index in [0.717, 1.165) is 52.1 Å². The molecule has 1 aliphatic carbocycles. The van der Waals surface area contributed by atoms with Gasteiger partial charge in [-0.15, -0.1) is 11.3 Å². The molecule has 2 N–H and O–H groups in total. The summed E-state index contributed by atoms with van der Waals surface area (Å²) in [5.41, 5.74) is 8.91. The summed E-state index contributed by atoms with van der Waals surface area (Å²) in [7, 11) is 0. The van der Waals surface area contributed by atoms with E-state index in [1.165, 1.54) is 12.8 Å². The predicted molar refractivity (Wildman–Crippen MR) is 132 cm³/mol. The number of anilines is 1. The molecule has 1 amide bonds. The molecule has 4 aromatic rings. The summed E-state index contributed by atoms with van der Waals surface area (Å²) >= 11 is 1.61. The van der Waals surface area contributed by atoms with Gasteiger partial charge in [-0.2, -0.15) is 0 Å². The lowest BCUT2D eigenvalue weighted by molar-refractivity contribution is -0.119. The summed E-state index contributed by atoms with van der Waals surface area (Å²) < 4.78 is 0. The smallest absolute Gasteiger partial charge is 0.240 e. The number of amides is 1. The van der Waals surface area contributed by atoms with Crippen LogP contribution < -0.4 is 10.6 Å². The number of primary amides is 1. The van der Waals surface area contributed by atoms with Gasteiger partial charge in [0.2, 0.25) is 5.91 Å². The van der Waals surface area contributed by atoms with E-state index in [2.05, 4.69) is 27.4 Å². The number of aromatic nitrogens is 3. The van der Waals surface area contributed by atoms with Gasteiger partial charge >= 0.3 is 0 Å². The number of rotatable bonds is 4. The topological polar surface area (TPSA) is 85.0 Å². The first kappa shape index (κ1) is 20.3. The highest BCUT2D eigenvalue weighted by Gasteiger charge is 2.46. The normalized spacial score (nSPS) is 22.4. The largest absolute Gasteiger partial charge is 0.368 e. The van der Waals surface area contributed by atoms with Crippen LogP contribution in [0, 0.1) is 5.92 Å². The first-order valence-corrected chi connectivity index (χ1v) is 12.4. The van der Waals surface area contributed by atoms with Gasteiger partial charge in [0.25, 0.3) is 0 Å². The fraction of sp³-hybridized carbons (Fsp3) is 0.308. The number of carbonyl (C=O) groups is 1. The van der Waals surface area contributed by atoms with Crippen molar-refractivity contribution in [2.45, 2.75) is 44.2 Å². The van der Waals surface area contributed by atoms with Crippen molar-refractivity contribution in [2.24, 2.45) is 11.7 Å². The molecule has 1 saturated carbocycles. The molecule has 2 aliphatic rings. The number of carbonyl (C=O) groups excluding carboxylic acids is 1. The second-order valence-corrected chi connectivity index (χ2v) is 9.81. The molecule has 4 heterocycles.